The summed E-state index contributed by atoms with van der Waals surface area (Å²) in [6.45, 7) is 0. The van der Waals surface area contributed by atoms with Crippen molar-refractivity contribution < 1.29 is 0 Å². The van der Waals surface area contributed by atoms with E-state index in [1.807, 2.05) is 24.7 Å². The normalized spacial score (nSPS) is 12.2. The number of hydrogen-bond donors (Lipinski definition) is 0. The van der Waals surface area contributed by atoms with Crippen LogP contribution in [-0.2, 0) is 0 Å². The predicted octanol–water partition coefficient (Wildman–Crippen LogP) is 9.23. The van der Waals surface area contributed by atoms with Crippen LogP contribution in [0, 0.1) is 0 Å². The average Bonchev–Trinajstić information content (AvgIpc) is 3.78. The Labute approximate surface area is 245 Å². The van der Waals surface area contributed by atoms with Crippen molar-refractivity contribution in [3.8, 4) is 11.4 Å². The molecule has 5 nitrogen and oxygen atoms in total. The van der Waals surface area contributed by atoms with E-state index in [2.05, 4.69) is 129 Å². The van der Waals surface area contributed by atoms with Crippen LogP contribution in [-0.4, -0.2) is 23.5 Å². The third kappa shape index (κ3) is 2.90. The molecule has 43 heavy (non-hydrogen) atoms. The Morgan fingerprint density at radius 1 is 0.419 bits per heavy atom. The van der Waals surface area contributed by atoms with Crippen molar-refractivity contribution in [2.24, 2.45) is 0 Å². The molecule has 0 aliphatic carbocycles. The van der Waals surface area contributed by atoms with Gasteiger partial charge in [0.15, 0.2) is 5.65 Å². The summed E-state index contributed by atoms with van der Waals surface area (Å²) in [5.74, 6) is 0. The first-order valence-electron chi connectivity index (χ1n) is 14.5. The number of nitrogens with zero attached hydrogens (tertiary/aromatic N) is 5. The summed E-state index contributed by atoms with van der Waals surface area (Å²) in [5, 5.41) is 7.18. The van der Waals surface area contributed by atoms with E-state index < -0.39 is 0 Å². The fourth-order valence-corrected chi connectivity index (χ4v) is 7.23. The van der Waals surface area contributed by atoms with Gasteiger partial charge in [-0.15, -0.1) is 0 Å². The molecule has 0 aliphatic rings. The molecule has 0 aliphatic heterocycles. The molecule has 10 rings (SSSR count). The second-order valence-corrected chi connectivity index (χ2v) is 11.1. The molecule has 0 radical (unpaired) electrons. The first-order chi connectivity index (χ1) is 21.4. The minimum absolute atomic E-state index is 0.872. The van der Waals surface area contributed by atoms with Gasteiger partial charge in [0.05, 0.1) is 27.6 Å². The van der Waals surface area contributed by atoms with Gasteiger partial charge in [-0.1, -0.05) is 78.9 Å². The Morgan fingerprint density at radius 3 is 1.86 bits per heavy atom. The van der Waals surface area contributed by atoms with Gasteiger partial charge in [-0.25, -0.2) is 4.98 Å². The molecule has 10 aromatic rings. The third-order valence-corrected chi connectivity index (χ3v) is 8.92. The molecular formula is C38H23N5. The second-order valence-electron chi connectivity index (χ2n) is 11.1. The largest absolute Gasteiger partial charge is 0.307 e. The summed E-state index contributed by atoms with van der Waals surface area (Å²) in [6, 6.07) is 43.5. The topological polar surface area (TPSA) is 40.1 Å². The Kier molecular flexibility index (Phi) is 4.39. The van der Waals surface area contributed by atoms with Gasteiger partial charge in [-0.2, -0.15) is 0 Å². The van der Waals surface area contributed by atoms with E-state index in [0.717, 1.165) is 33.4 Å². The maximum absolute atomic E-state index is 4.83. The smallest absolute Gasteiger partial charge is 0.163 e. The Hall–Kier alpha value is -5.94. The molecule has 0 spiro atoms. The quantitative estimate of drug-likeness (QED) is 0.202. The molecule has 0 bridgehead atoms. The highest BCUT2D eigenvalue weighted by atomic mass is 15.1. The van der Waals surface area contributed by atoms with Crippen LogP contribution >= 0.6 is 0 Å². The molecule has 5 aromatic carbocycles. The van der Waals surface area contributed by atoms with Gasteiger partial charge < -0.3 is 9.13 Å². The number of pyridine rings is 2. The SMILES string of the molecule is c1ccc(-n2c3ccccc3c3ccc4c5ccc6c(c7cccnc7c7nccn67)c5n(-c5ccccc5)c4c32)cc1. The third-order valence-electron chi connectivity index (χ3n) is 8.92. The van der Waals surface area contributed by atoms with E-state index in [1.165, 1.54) is 49.0 Å². The number of aromatic nitrogens is 5. The van der Waals surface area contributed by atoms with Crippen LogP contribution in [0.15, 0.2) is 140 Å². The zero-order valence-corrected chi connectivity index (χ0v) is 23.0. The number of rotatable bonds is 2. The zero-order valence-electron chi connectivity index (χ0n) is 23.0. The van der Waals surface area contributed by atoms with E-state index >= 15 is 0 Å². The highest BCUT2D eigenvalue weighted by molar-refractivity contribution is 6.30. The number of para-hydroxylation sites is 3. The zero-order chi connectivity index (χ0) is 28.1. The molecule has 5 heterocycles. The lowest BCUT2D eigenvalue weighted by atomic mass is 10.0. The fourth-order valence-electron chi connectivity index (χ4n) is 7.23. The Balaban J connectivity index is 1.55. The van der Waals surface area contributed by atoms with Gasteiger partial charge in [0.1, 0.15) is 5.52 Å². The van der Waals surface area contributed by atoms with Gasteiger partial charge in [0.25, 0.3) is 0 Å². The lowest BCUT2D eigenvalue weighted by molar-refractivity contribution is 1.15. The Morgan fingerprint density at radius 2 is 1.05 bits per heavy atom. The van der Waals surface area contributed by atoms with Crippen molar-refractivity contribution in [3.05, 3.63) is 140 Å². The lowest BCUT2D eigenvalue weighted by Gasteiger charge is -2.14. The summed E-state index contributed by atoms with van der Waals surface area (Å²) in [7, 11) is 0. The molecule has 5 heteroatoms. The monoisotopic (exact) mass is 549 g/mol. The second kappa shape index (κ2) is 8.30. The van der Waals surface area contributed by atoms with Gasteiger partial charge in [0.2, 0.25) is 0 Å². The molecule has 0 amide bonds. The molecular weight excluding hydrogens is 526 g/mol. The fraction of sp³-hybridized carbons (Fsp3) is 0. The van der Waals surface area contributed by atoms with Crippen LogP contribution in [0.2, 0.25) is 0 Å². The molecule has 0 N–H and O–H groups in total. The minimum atomic E-state index is 0.872. The molecule has 0 unspecified atom stereocenters. The van der Waals surface area contributed by atoms with Crippen molar-refractivity contribution >= 4 is 71.1 Å². The standard InChI is InChI=1S/C38H23N5/c1-3-10-24(11-4-1)42-31-16-8-7-14-26(31)27-17-18-29-28-19-20-32-33(30-15-9-21-39-34(30)38-40-22-23-41(32)38)35(28)43(37(29)36(27)42)25-12-5-2-6-13-25/h1-23H. The van der Waals surface area contributed by atoms with E-state index in [1.54, 1.807) is 0 Å². The van der Waals surface area contributed by atoms with Crippen LogP contribution in [0.5, 0.6) is 0 Å². The summed E-state index contributed by atoms with van der Waals surface area (Å²) >= 11 is 0. The van der Waals surface area contributed by atoms with Crippen molar-refractivity contribution in [3.63, 3.8) is 0 Å². The first-order valence-corrected chi connectivity index (χ1v) is 14.5. The van der Waals surface area contributed by atoms with Crippen molar-refractivity contribution in [2.45, 2.75) is 0 Å². The van der Waals surface area contributed by atoms with Crippen LogP contribution in [0.4, 0.5) is 0 Å². The van der Waals surface area contributed by atoms with Crippen LogP contribution < -0.4 is 0 Å². The van der Waals surface area contributed by atoms with Crippen LogP contribution in [0.1, 0.15) is 0 Å². The van der Waals surface area contributed by atoms with E-state index in [-0.39, 0.29) is 0 Å². The van der Waals surface area contributed by atoms with Crippen molar-refractivity contribution in [1.29, 1.82) is 0 Å². The summed E-state index contributed by atoms with van der Waals surface area (Å²) < 4.78 is 7.08. The van der Waals surface area contributed by atoms with Gasteiger partial charge in [0, 0.05) is 62.3 Å². The highest BCUT2D eigenvalue weighted by Gasteiger charge is 2.24. The van der Waals surface area contributed by atoms with Crippen molar-refractivity contribution in [2.75, 3.05) is 0 Å². The molecule has 5 aromatic heterocycles. The predicted molar refractivity (Wildman–Crippen MR) is 177 cm³/mol. The molecule has 0 saturated heterocycles. The van der Waals surface area contributed by atoms with E-state index in [0.29, 0.717) is 0 Å². The lowest BCUT2D eigenvalue weighted by Crippen LogP contribution is -1.99. The molecule has 0 atom stereocenters. The van der Waals surface area contributed by atoms with Gasteiger partial charge in [-0.05, 0) is 42.5 Å². The van der Waals surface area contributed by atoms with E-state index in [9.17, 15) is 0 Å². The first kappa shape index (κ1) is 22.7. The number of hydrogen-bond acceptors (Lipinski definition) is 2. The number of fused-ring (bicyclic) bond motifs is 14. The number of benzene rings is 5. The van der Waals surface area contributed by atoms with Gasteiger partial charge in [-0.3, -0.25) is 9.38 Å². The average molecular weight is 550 g/mol. The maximum atomic E-state index is 4.83. The van der Waals surface area contributed by atoms with Crippen LogP contribution in [0.25, 0.3) is 82.4 Å². The summed E-state index contributed by atoms with van der Waals surface area (Å²) in [4.78, 5) is 9.53. The summed E-state index contributed by atoms with van der Waals surface area (Å²) in [6.07, 6.45) is 5.76. The van der Waals surface area contributed by atoms with Crippen molar-refractivity contribution in [1.82, 2.24) is 23.5 Å². The minimum Gasteiger partial charge on any atom is -0.307 e. The molecule has 200 valence electrons. The summed E-state index contributed by atoms with van der Waals surface area (Å²) in [5.41, 5.74) is 9.90. The maximum Gasteiger partial charge on any atom is 0.163 e. The van der Waals surface area contributed by atoms with Gasteiger partial charge >= 0.3 is 0 Å². The van der Waals surface area contributed by atoms with Crippen LogP contribution in [0.3, 0.4) is 0 Å². The molecule has 0 saturated carbocycles. The van der Waals surface area contributed by atoms with E-state index in [4.69, 9.17) is 9.97 Å². The highest BCUT2D eigenvalue weighted by Crippen LogP contribution is 2.44. The Bertz CT molecular complexity index is 2710. The molecule has 0 fully saturated rings. The number of imidazole rings is 1.